The topological polar surface area (TPSA) is 17.8 Å². The highest BCUT2D eigenvalue weighted by molar-refractivity contribution is 5.17. The third kappa shape index (κ3) is 2.92. The van der Waals surface area contributed by atoms with E-state index in [1.54, 1.807) is 0 Å². The second kappa shape index (κ2) is 3.64. The summed E-state index contributed by atoms with van der Waals surface area (Å²) in [5.41, 5.74) is -4.13. The molecule has 0 atom stereocenters. The summed E-state index contributed by atoms with van der Waals surface area (Å²) in [5, 5.41) is 2.99. The summed E-state index contributed by atoms with van der Waals surface area (Å²) in [6.07, 6.45) is -9.76. The number of hydrogen-bond acceptors (Lipinski definition) is 1. The third-order valence-corrected chi connectivity index (χ3v) is 1.93. The van der Waals surface area contributed by atoms with E-state index in [2.05, 4.69) is 5.10 Å². The zero-order valence-corrected chi connectivity index (χ0v) is 9.24. The van der Waals surface area contributed by atoms with Crippen LogP contribution in [0.2, 0.25) is 0 Å². The van der Waals surface area contributed by atoms with Crippen molar-refractivity contribution >= 4 is 0 Å². The lowest BCUT2D eigenvalue weighted by Gasteiger charge is -2.23. The molecule has 0 aromatic carbocycles. The monoisotopic (exact) mass is 260 g/mol. The van der Waals surface area contributed by atoms with Crippen molar-refractivity contribution in [1.29, 1.82) is 0 Å². The van der Waals surface area contributed by atoms with Gasteiger partial charge in [0.1, 0.15) is 5.69 Å². The van der Waals surface area contributed by atoms with Crippen LogP contribution in [0.4, 0.5) is 26.3 Å². The number of rotatable bonds is 0. The zero-order valence-electron chi connectivity index (χ0n) is 9.24. The van der Waals surface area contributed by atoms with Gasteiger partial charge in [0.2, 0.25) is 0 Å². The molecule has 0 N–H and O–H groups in total. The van der Waals surface area contributed by atoms with Gasteiger partial charge in [-0.05, 0) is 20.8 Å². The highest BCUT2D eigenvalue weighted by Gasteiger charge is 2.43. The predicted molar refractivity (Wildman–Crippen MR) is 47.2 cm³/mol. The molecular formula is C9H10F6N2. The van der Waals surface area contributed by atoms with Gasteiger partial charge in [-0.3, -0.25) is 4.68 Å². The molecule has 1 aromatic heterocycles. The van der Waals surface area contributed by atoms with Crippen LogP contribution in [0.15, 0.2) is 6.07 Å². The van der Waals surface area contributed by atoms with Gasteiger partial charge in [-0.2, -0.15) is 31.4 Å². The first-order valence-corrected chi connectivity index (χ1v) is 4.58. The van der Waals surface area contributed by atoms with E-state index in [-0.39, 0.29) is 6.07 Å². The summed E-state index contributed by atoms with van der Waals surface area (Å²) in [6.45, 7) is 4.03. The van der Waals surface area contributed by atoms with Crippen LogP contribution >= 0.6 is 0 Å². The van der Waals surface area contributed by atoms with E-state index in [1.165, 1.54) is 20.8 Å². The molecular weight excluding hydrogens is 250 g/mol. The average molecular weight is 260 g/mol. The van der Waals surface area contributed by atoms with Gasteiger partial charge in [0.05, 0.1) is 5.54 Å². The molecule has 0 amide bonds. The molecule has 1 aromatic rings. The van der Waals surface area contributed by atoms with E-state index in [1.807, 2.05) is 0 Å². The molecule has 0 unspecified atom stereocenters. The Morgan fingerprint density at radius 2 is 1.41 bits per heavy atom. The van der Waals surface area contributed by atoms with Crippen molar-refractivity contribution in [1.82, 2.24) is 9.78 Å². The molecule has 0 aliphatic rings. The Labute approximate surface area is 93.2 Å². The van der Waals surface area contributed by atoms with Crippen molar-refractivity contribution in [2.24, 2.45) is 0 Å². The maximum Gasteiger partial charge on any atom is 0.435 e. The van der Waals surface area contributed by atoms with Gasteiger partial charge >= 0.3 is 12.4 Å². The standard InChI is InChI=1S/C9H10F6N2/c1-7(2,3)17-6(9(13,14)15)4-5(16-17)8(10,11)12/h4H,1-3H3. The summed E-state index contributed by atoms with van der Waals surface area (Å²) >= 11 is 0. The number of alkyl halides is 6. The summed E-state index contributed by atoms with van der Waals surface area (Å²) in [4.78, 5) is 0. The molecule has 0 spiro atoms. The van der Waals surface area contributed by atoms with Crippen LogP contribution in [0.1, 0.15) is 32.2 Å². The molecule has 1 heterocycles. The normalized spacial score (nSPS) is 14.2. The molecule has 0 aliphatic carbocycles. The van der Waals surface area contributed by atoms with Crippen molar-refractivity contribution in [3.8, 4) is 0 Å². The smallest absolute Gasteiger partial charge is 0.255 e. The Bertz CT molecular complexity index is 375. The molecule has 2 nitrogen and oxygen atoms in total. The molecule has 1 rings (SSSR count). The van der Waals surface area contributed by atoms with Crippen LogP contribution in [0.5, 0.6) is 0 Å². The molecule has 17 heavy (non-hydrogen) atoms. The molecule has 0 saturated carbocycles. The third-order valence-electron chi connectivity index (χ3n) is 1.93. The SMILES string of the molecule is CC(C)(C)n1nc(C(F)(F)F)cc1C(F)(F)F. The van der Waals surface area contributed by atoms with Gasteiger partial charge in [-0.25, -0.2) is 0 Å². The Morgan fingerprint density at radius 3 is 1.65 bits per heavy atom. The van der Waals surface area contributed by atoms with Crippen LogP contribution in [-0.2, 0) is 17.9 Å². The maximum atomic E-state index is 12.6. The van der Waals surface area contributed by atoms with E-state index in [9.17, 15) is 26.3 Å². The van der Waals surface area contributed by atoms with Crippen LogP contribution in [0, 0.1) is 0 Å². The summed E-state index contributed by atoms with van der Waals surface area (Å²) in [7, 11) is 0. The Morgan fingerprint density at radius 1 is 0.941 bits per heavy atom. The average Bonchev–Trinajstić information content (AvgIpc) is 2.42. The van der Waals surface area contributed by atoms with Gasteiger partial charge in [0, 0.05) is 6.07 Å². The first-order valence-electron chi connectivity index (χ1n) is 4.58. The second-order valence-corrected chi connectivity index (χ2v) is 4.49. The lowest BCUT2D eigenvalue weighted by atomic mass is 10.1. The van der Waals surface area contributed by atoms with Crippen molar-refractivity contribution in [3.05, 3.63) is 17.5 Å². The largest absolute Gasteiger partial charge is 0.435 e. The highest BCUT2D eigenvalue weighted by Crippen LogP contribution is 2.37. The first-order chi connectivity index (χ1) is 7.33. The minimum atomic E-state index is -4.89. The Kier molecular flexibility index (Phi) is 2.97. The van der Waals surface area contributed by atoms with Crippen molar-refractivity contribution in [2.45, 2.75) is 38.7 Å². The van der Waals surface area contributed by atoms with E-state index in [4.69, 9.17) is 0 Å². The number of halogens is 6. The minimum Gasteiger partial charge on any atom is -0.255 e. The summed E-state index contributed by atoms with van der Waals surface area (Å²) < 4.78 is 74.9. The summed E-state index contributed by atoms with van der Waals surface area (Å²) in [5.74, 6) is 0. The molecule has 8 heteroatoms. The van der Waals surface area contributed by atoms with E-state index >= 15 is 0 Å². The van der Waals surface area contributed by atoms with Crippen LogP contribution < -0.4 is 0 Å². The Balaban J connectivity index is 3.44. The summed E-state index contributed by atoms with van der Waals surface area (Å²) in [6, 6.07) is 0.0191. The fourth-order valence-electron chi connectivity index (χ4n) is 1.23. The Hall–Kier alpha value is -1.21. The minimum absolute atomic E-state index is 0.0191. The van der Waals surface area contributed by atoms with Gasteiger partial charge in [0.25, 0.3) is 0 Å². The zero-order chi connectivity index (χ0) is 13.6. The quantitative estimate of drug-likeness (QED) is 0.651. The van der Waals surface area contributed by atoms with Crippen molar-refractivity contribution < 1.29 is 26.3 Å². The van der Waals surface area contributed by atoms with Gasteiger partial charge in [-0.15, -0.1) is 0 Å². The maximum absolute atomic E-state index is 12.6. The first kappa shape index (κ1) is 13.9. The fourth-order valence-corrected chi connectivity index (χ4v) is 1.23. The molecule has 0 bridgehead atoms. The second-order valence-electron chi connectivity index (χ2n) is 4.49. The molecule has 0 fully saturated rings. The van der Waals surface area contributed by atoms with Crippen LogP contribution in [0.25, 0.3) is 0 Å². The van der Waals surface area contributed by atoms with Gasteiger partial charge < -0.3 is 0 Å². The van der Waals surface area contributed by atoms with Gasteiger partial charge in [0.15, 0.2) is 5.69 Å². The van der Waals surface area contributed by atoms with Crippen molar-refractivity contribution in [3.63, 3.8) is 0 Å². The number of aromatic nitrogens is 2. The lowest BCUT2D eigenvalue weighted by Crippen LogP contribution is -2.28. The number of nitrogens with zero attached hydrogens (tertiary/aromatic N) is 2. The van der Waals surface area contributed by atoms with Gasteiger partial charge in [-0.1, -0.05) is 0 Å². The fraction of sp³-hybridized carbons (Fsp3) is 0.667. The predicted octanol–water partition coefficient (Wildman–Crippen LogP) is 3.68. The lowest BCUT2D eigenvalue weighted by molar-refractivity contribution is -0.146. The highest BCUT2D eigenvalue weighted by atomic mass is 19.4. The van der Waals surface area contributed by atoms with E-state index in [0.717, 1.165) is 0 Å². The molecule has 0 saturated heterocycles. The van der Waals surface area contributed by atoms with Crippen LogP contribution in [-0.4, -0.2) is 9.78 Å². The molecule has 0 aliphatic heterocycles. The van der Waals surface area contributed by atoms with E-state index < -0.39 is 29.3 Å². The number of hydrogen-bond donors (Lipinski definition) is 0. The molecule has 0 radical (unpaired) electrons. The molecule has 98 valence electrons. The van der Waals surface area contributed by atoms with E-state index in [0.29, 0.717) is 4.68 Å². The van der Waals surface area contributed by atoms with Crippen LogP contribution in [0.3, 0.4) is 0 Å². The van der Waals surface area contributed by atoms with Crippen molar-refractivity contribution in [2.75, 3.05) is 0 Å².